The Labute approximate surface area is 102 Å². The van der Waals surface area contributed by atoms with E-state index >= 15 is 0 Å². The fourth-order valence-electron chi connectivity index (χ4n) is 1.14. The molecule has 0 atom stereocenters. The summed E-state index contributed by atoms with van der Waals surface area (Å²) in [4.78, 5) is 10.3. The normalized spacial score (nSPS) is 10.1. The zero-order valence-corrected chi connectivity index (χ0v) is 9.64. The van der Waals surface area contributed by atoms with Gasteiger partial charge in [-0.3, -0.25) is 4.79 Å². The lowest BCUT2D eigenvalue weighted by Gasteiger charge is -2.07. The molecule has 0 radical (unpaired) electrons. The molecule has 0 unspecified atom stereocenters. The van der Waals surface area contributed by atoms with Crippen molar-refractivity contribution in [2.45, 2.75) is 12.8 Å². The SMILES string of the molecule is N=C(CCC(=O)O)c1cc(Cl)c(Cl)cc1O. The average molecular weight is 262 g/mol. The third kappa shape index (κ3) is 3.12. The van der Waals surface area contributed by atoms with Crippen LogP contribution in [0.15, 0.2) is 12.1 Å². The number of nitrogens with one attached hydrogen (secondary N) is 1. The molecule has 0 aliphatic carbocycles. The summed E-state index contributed by atoms with van der Waals surface area (Å²) in [6.45, 7) is 0. The zero-order valence-electron chi connectivity index (χ0n) is 8.13. The van der Waals surface area contributed by atoms with Crippen LogP contribution in [0.2, 0.25) is 10.0 Å². The van der Waals surface area contributed by atoms with E-state index in [0.29, 0.717) is 0 Å². The number of benzene rings is 1. The van der Waals surface area contributed by atoms with Gasteiger partial charge < -0.3 is 15.6 Å². The monoisotopic (exact) mass is 261 g/mol. The molecule has 1 aromatic carbocycles. The topological polar surface area (TPSA) is 81.4 Å². The first-order valence-corrected chi connectivity index (χ1v) is 5.15. The zero-order chi connectivity index (χ0) is 12.3. The molecule has 86 valence electrons. The van der Waals surface area contributed by atoms with E-state index in [4.69, 9.17) is 33.7 Å². The largest absolute Gasteiger partial charge is 0.507 e. The van der Waals surface area contributed by atoms with Gasteiger partial charge in [-0.25, -0.2) is 0 Å². The summed E-state index contributed by atoms with van der Waals surface area (Å²) in [7, 11) is 0. The van der Waals surface area contributed by atoms with Crippen LogP contribution in [-0.4, -0.2) is 21.9 Å². The number of hydrogen-bond donors (Lipinski definition) is 3. The van der Waals surface area contributed by atoms with E-state index in [2.05, 4.69) is 0 Å². The van der Waals surface area contributed by atoms with Crippen molar-refractivity contribution in [2.75, 3.05) is 0 Å². The van der Waals surface area contributed by atoms with E-state index in [9.17, 15) is 9.90 Å². The Bertz CT molecular complexity index is 446. The molecule has 0 aliphatic heterocycles. The Morgan fingerprint density at radius 1 is 1.25 bits per heavy atom. The highest BCUT2D eigenvalue weighted by atomic mass is 35.5. The third-order valence-electron chi connectivity index (χ3n) is 1.95. The molecule has 1 rings (SSSR count). The first-order chi connectivity index (χ1) is 7.41. The van der Waals surface area contributed by atoms with E-state index < -0.39 is 5.97 Å². The third-order valence-corrected chi connectivity index (χ3v) is 2.67. The summed E-state index contributed by atoms with van der Waals surface area (Å²) in [6.07, 6.45) is -0.140. The predicted molar refractivity (Wildman–Crippen MR) is 61.8 cm³/mol. The van der Waals surface area contributed by atoms with Crippen molar-refractivity contribution >= 4 is 34.9 Å². The van der Waals surface area contributed by atoms with Gasteiger partial charge in [0.15, 0.2) is 0 Å². The predicted octanol–water partition coefficient (Wildman–Crippen LogP) is 2.93. The number of halogens is 2. The maximum Gasteiger partial charge on any atom is 0.303 e. The second-order valence-electron chi connectivity index (χ2n) is 3.16. The molecule has 0 saturated carbocycles. The lowest BCUT2D eigenvalue weighted by atomic mass is 10.0. The fourth-order valence-corrected chi connectivity index (χ4v) is 1.47. The molecule has 16 heavy (non-hydrogen) atoms. The number of aliphatic carboxylic acids is 1. The van der Waals surface area contributed by atoms with Gasteiger partial charge in [-0.15, -0.1) is 0 Å². The maximum atomic E-state index is 10.3. The van der Waals surface area contributed by atoms with Crippen LogP contribution in [0.5, 0.6) is 5.75 Å². The highest BCUT2D eigenvalue weighted by Gasteiger charge is 2.12. The second-order valence-corrected chi connectivity index (χ2v) is 3.97. The molecule has 0 heterocycles. The number of phenolic OH excluding ortho intramolecular Hbond substituents is 1. The Kier molecular flexibility index (Phi) is 4.15. The molecule has 0 fully saturated rings. The van der Waals surface area contributed by atoms with Crippen LogP contribution in [0.4, 0.5) is 0 Å². The number of hydrogen-bond acceptors (Lipinski definition) is 3. The fraction of sp³-hybridized carbons (Fsp3) is 0.200. The molecule has 0 saturated heterocycles. The van der Waals surface area contributed by atoms with Crippen LogP contribution in [-0.2, 0) is 4.79 Å². The van der Waals surface area contributed by atoms with Gasteiger partial charge in [-0.05, 0) is 6.07 Å². The second kappa shape index (κ2) is 5.18. The van der Waals surface area contributed by atoms with Gasteiger partial charge in [0, 0.05) is 23.8 Å². The summed E-state index contributed by atoms with van der Waals surface area (Å²) < 4.78 is 0. The van der Waals surface area contributed by atoms with E-state index in [-0.39, 0.29) is 39.9 Å². The summed E-state index contributed by atoms with van der Waals surface area (Å²) in [6, 6.07) is 2.58. The first-order valence-electron chi connectivity index (χ1n) is 4.39. The van der Waals surface area contributed by atoms with Crippen molar-refractivity contribution in [2.24, 2.45) is 0 Å². The Balaban J connectivity index is 2.91. The smallest absolute Gasteiger partial charge is 0.303 e. The quantitative estimate of drug-likeness (QED) is 0.729. The molecule has 0 spiro atoms. The lowest BCUT2D eigenvalue weighted by Crippen LogP contribution is -2.04. The molecule has 0 bridgehead atoms. The summed E-state index contributed by atoms with van der Waals surface area (Å²) in [5.74, 6) is -1.17. The van der Waals surface area contributed by atoms with Crippen LogP contribution >= 0.6 is 23.2 Å². The van der Waals surface area contributed by atoms with Gasteiger partial charge in [0.05, 0.1) is 16.5 Å². The molecular formula is C10H9Cl2NO3. The van der Waals surface area contributed by atoms with Crippen molar-refractivity contribution in [1.29, 1.82) is 5.41 Å². The van der Waals surface area contributed by atoms with Gasteiger partial charge in [0.2, 0.25) is 0 Å². The Morgan fingerprint density at radius 2 is 1.81 bits per heavy atom. The Morgan fingerprint density at radius 3 is 2.38 bits per heavy atom. The van der Waals surface area contributed by atoms with E-state index in [0.717, 1.165) is 0 Å². The van der Waals surface area contributed by atoms with Gasteiger partial charge in [-0.2, -0.15) is 0 Å². The van der Waals surface area contributed by atoms with Crippen molar-refractivity contribution in [3.8, 4) is 5.75 Å². The number of carboxylic acids is 1. The molecule has 0 aliphatic rings. The minimum Gasteiger partial charge on any atom is -0.507 e. The number of aromatic hydroxyl groups is 1. The standard InChI is InChI=1S/C10H9Cl2NO3/c11-6-3-5(9(14)4-7(6)12)8(13)1-2-10(15)16/h3-4,13-14H,1-2H2,(H,15,16). The van der Waals surface area contributed by atoms with Crippen LogP contribution in [0.1, 0.15) is 18.4 Å². The van der Waals surface area contributed by atoms with Crippen molar-refractivity contribution < 1.29 is 15.0 Å². The maximum absolute atomic E-state index is 10.3. The number of carbonyl (C=O) groups is 1. The minimum absolute atomic E-state index is 0.0125. The van der Waals surface area contributed by atoms with Gasteiger partial charge >= 0.3 is 5.97 Å². The number of rotatable bonds is 4. The molecule has 6 heteroatoms. The average Bonchev–Trinajstić information content (AvgIpc) is 2.20. The summed E-state index contributed by atoms with van der Waals surface area (Å²) in [5, 5.41) is 26.0. The van der Waals surface area contributed by atoms with Gasteiger partial charge in [-0.1, -0.05) is 23.2 Å². The lowest BCUT2D eigenvalue weighted by molar-refractivity contribution is -0.136. The van der Waals surface area contributed by atoms with Crippen molar-refractivity contribution in [3.63, 3.8) is 0 Å². The molecule has 1 aromatic rings. The molecule has 0 amide bonds. The Hall–Kier alpha value is -1.26. The molecule has 4 nitrogen and oxygen atoms in total. The highest BCUT2D eigenvalue weighted by Crippen LogP contribution is 2.30. The van der Waals surface area contributed by atoms with Crippen LogP contribution in [0.25, 0.3) is 0 Å². The highest BCUT2D eigenvalue weighted by molar-refractivity contribution is 6.42. The summed E-state index contributed by atoms with van der Waals surface area (Å²) in [5.41, 5.74) is 0.217. The van der Waals surface area contributed by atoms with Crippen molar-refractivity contribution in [3.05, 3.63) is 27.7 Å². The number of carboxylic acid groups (broad SMARTS) is 1. The van der Waals surface area contributed by atoms with Crippen LogP contribution in [0.3, 0.4) is 0 Å². The molecule has 0 aromatic heterocycles. The molecular weight excluding hydrogens is 253 g/mol. The van der Waals surface area contributed by atoms with E-state index in [1.165, 1.54) is 12.1 Å². The van der Waals surface area contributed by atoms with E-state index in [1.807, 2.05) is 0 Å². The van der Waals surface area contributed by atoms with Gasteiger partial charge in [0.25, 0.3) is 0 Å². The molecule has 3 N–H and O–H groups in total. The van der Waals surface area contributed by atoms with Crippen LogP contribution < -0.4 is 0 Å². The van der Waals surface area contributed by atoms with Crippen molar-refractivity contribution in [1.82, 2.24) is 0 Å². The van der Waals surface area contributed by atoms with Gasteiger partial charge in [0.1, 0.15) is 5.75 Å². The number of phenols is 1. The van der Waals surface area contributed by atoms with E-state index in [1.54, 1.807) is 0 Å². The first kappa shape index (κ1) is 12.8. The van der Waals surface area contributed by atoms with Crippen LogP contribution in [0, 0.1) is 5.41 Å². The summed E-state index contributed by atoms with van der Waals surface area (Å²) >= 11 is 11.4. The minimum atomic E-state index is -0.996.